The first-order valence-corrected chi connectivity index (χ1v) is 8.21. The molecule has 1 aromatic carbocycles. The lowest BCUT2D eigenvalue weighted by Gasteiger charge is -2.48. The highest BCUT2D eigenvalue weighted by Crippen LogP contribution is 2.42. The summed E-state index contributed by atoms with van der Waals surface area (Å²) >= 11 is 0. The van der Waals surface area contributed by atoms with Crippen molar-refractivity contribution >= 4 is 0 Å². The van der Waals surface area contributed by atoms with Crippen LogP contribution in [0, 0.1) is 26.7 Å². The predicted molar refractivity (Wildman–Crippen MR) is 85.5 cm³/mol. The van der Waals surface area contributed by atoms with Crippen LogP contribution in [0.1, 0.15) is 29.5 Å². The zero-order valence-corrected chi connectivity index (χ0v) is 13.6. The Hall–Kier alpha value is -1.52. The molecule has 1 unspecified atom stereocenters. The van der Waals surface area contributed by atoms with Crippen LogP contribution in [0.25, 0.3) is 0 Å². The second-order valence-electron chi connectivity index (χ2n) is 7.05. The summed E-state index contributed by atoms with van der Waals surface area (Å²) in [4.78, 5) is 8.48. The first-order chi connectivity index (χ1) is 10.6. The lowest BCUT2D eigenvalue weighted by atomic mass is 9.75. The van der Waals surface area contributed by atoms with Crippen LogP contribution in [0.4, 0.5) is 0 Å². The van der Waals surface area contributed by atoms with Gasteiger partial charge in [-0.1, -0.05) is 17.7 Å². The van der Waals surface area contributed by atoms with Crippen LogP contribution < -0.4 is 10.2 Å². The molecule has 0 aromatic heterocycles. The second kappa shape index (κ2) is 5.00. The Bertz CT molecular complexity index is 609. The van der Waals surface area contributed by atoms with E-state index >= 15 is 0 Å². The highest BCUT2D eigenvalue weighted by atomic mass is 16.7. The zero-order chi connectivity index (χ0) is 15.3. The van der Waals surface area contributed by atoms with Crippen LogP contribution in [0.3, 0.4) is 0 Å². The van der Waals surface area contributed by atoms with E-state index in [1.54, 1.807) is 0 Å². The summed E-state index contributed by atoms with van der Waals surface area (Å²) in [6.07, 6.45) is 4.60. The molecule has 4 aliphatic heterocycles. The van der Waals surface area contributed by atoms with Gasteiger partial charge in [-0.15, -0.1) is 0 Å². The van der Waals surface area contributed by atoms with Gasteiger partial charge in [0.05, 0.1) is 0 Å². The van der Waals surface area contributed by atoms with Crippen LogP contribution in [0.15, 0.2) is 24.1 Å². The highest BCUT2D eigenvalue weighted by Gasteiger charge is 2.50. The molecule has 3 saturated heterocycles. The Morgan fingerprint density at radius 1 is 1.18 bits per heavy atom. The molecule has 4 heteroatoms. The van der Waals surface area contributed by atoms with Crippen molar-refractivity contribution in [1.82, 2.24) is 10.4 Å². The maximum atomic E-state index is 6.13. The number of hydrogen-bond acceptors (Lipinski definition) is 4. The van der Waals surface area contributed by atoms with Crippen molar-refractivity contribution in [3.05, 3.63) is 40.8 Å². The molecule has 1 aromatic rings. The Labute approximate surface area is 132 Å². The number of nitrogens with one attached hydrogen (secondary N) is 1. The lowest BCUT2D eigenvalue weighted by molar-refractivity contribution is -0.141. The normalized spacial score (nSPS) is 33.0. The van der Waals surface area contributed by atoms with Gasteiger partial charge in [0.1, 0.15) is 11.4 Å². The fourth-order valence-corrected chi connectivity index (χ4v) is 4.25. The van der Waals surface area contributed by atoms with Gasteiger partial charge in [0.2, 0.25) is 5.88 Å². The maximum Gasteiger partial charge on any atom is 0.216 e. The van der Waals surface area contributed by atoms with Gasteiger partial charge in [-0.2, -0.15) is 0 Å². The first kappa shape index (κ1) is 14.1. The van der Waals surface area contributed by atoms with Crippen molar-refractivity contribution in [2.45, 2.75) is 39.2 Å². The molecule has 3 fully saturated rings. The second-order valence-corrected chi connectivity index (χ2v) is 7.05. The summed E-state index contributed by atoms with van der Waals surface area (Å²) in [5.41, 5.74) is 6.42. The van der Waals surface area contributed by atoms with Crippen LogP contribution in [0.2, 0.25) is 0 Å². The molecule has 22 heavy (non-hydrogen) atoms. The van der Waals surface area contributed by atoms with Crippen molar-refractivity contribution in [3.63, 3.8) is 0 Å². The van der Waals surface area contributed by atoms with Crippen molar-refractivity contribution in [1.29, 1.82) is 0 Å². The number of rotatable bonds is 2. The third-order valence-electron chi connectivity index (χ3n) is 5.28. The molecule has 2 bridgehead atoms. The van der Waals surface area contributed by atoms with Crippen LogP contribution in [-0.2, 0) is 4.84 Å². The summed E-state index contributed by atoms with van der Waals surface area (Å²) in [6, 6.07) is 4.31. The van der Waals surface area contributed by atoms with Gasteiger partial charge in [-0.25, -0.2) is 5.48 Å². The summed E-state index contributed by atoms with van der Waals surface area (Å²) < 4.78 is 6.13. The molecule has 1 spiro atoms. The number of hydroxylamine groups is 1. The smallest absolute Gasteiger partial charge is 0.216 e. The van der Waals surface area contributed by atoms with Gasteiger partial charge in [0.15, 0.2) is 0 Å². The summed E-state index contributed by atoms with van der Waals surface area (Å²) in [5, 5.41) is 0. The van der Waals surface area contributed by atoms with Crippen LogP contribution in [0.5, 0.6) is 5.75 Å². The molecule has 0 radical (unpaired) electrons. The van der Waals surface area contributed by atoms with Crippen molar-refractivity contribution in [2.24, 2.45) is 5.92 Å². The monoisotopic (exact) mass is 300 g/mol. The number of benzene rings is 1. The summed E-state index contributed by atoms with van der Waals surface area (Å²) in [6.45, 7) is 9.68. The highest BCUT2D eigenvalue weighted by molar-refractivity contribution is 5.44. The van der Waals surface area contributed by atoms with Gasteiger partial charge in [0, 0.05) is 12.6 Å². The van der Waals surface area contributed by atoms with Crippen molar-refractivity contribution < 1.29 is 9.57 Å². The molecule has 0 amide bonds. The molecular weight excluding hydrogens is 276 g/mol. The van der Waals surface area contributed by atoms with E-state index in [2.05, 4.69) is 49.4 Å². The summed E-state index contributed by atoms with van der Waals surface area (Å²) in [7, 11) is 0. The third-order valence-corrected chi connectivity index (χ3v) is 5.28. The van der Waals surface area contributed by atoms with Crippen molar-refractivity contribution in [2.75, 3.05) is 19.6 Å². The first-order valence-electron chi connectivity index (χ1n) is 8.21. The number of piperidine rings is 3. The number of aryl methyl sites for hydroxylation is 3. The Balaban J connectivity index is 1.59. The molecule has 1 N–H and O–H groups in total. The van der Waals surface area contributed by atoms with E-state index < -0.39 is 0 Å². The van der Waals surface area contributed by atoms with E-state index in [1.165, 1.54) is 31.5 Å². The fourth-order valence-electron chi connectivity index (χ4n) is 4.25. The Kier molecular flexibility index (Phi) is 3.20. The van der Waals surface area contributed by atoms with E-state index in [4.69, 9.17) is 9.57 Å². The minimum atomic E-state index is -0.196. The maximum absolute atomic E-state index is 6.13. The minimum absolute atomic E-state index is 0.196. The van der Waals surface area contributed by atoms with E-state index in [-0.39, 0.29) is 5.60 Å². The van der Waals surface area contributed by atoms with E-state index in [1.807, 2.05) is 0 Å². The topological polar surface area (TPSA) is 33.7 Å². The Morgan fingerprint density at radius 2 is 1.86 bits per heavy atom. The molecule has 4 aliphatic rings. The number of ether oxygens (including phenoxy) is 1. The average Bonchev–Trinajstić information content (AvgIpc) is 2.87. The molecule has 0 saturated carbocycles. The van der Waals surface area contributed by atoms with Crippen LogP contribution in [-0.4, -0.2) is 30.1 Å². The molecule has 5 rings (SSSR count). The van der Waals surface area contributed by atoms with E-state index in [0.29, 0.717) is 5.92 Å². The molecule has 1 atom stereocenters. The molecule has 118 valence electrons. The number of nitrogens with zero attached hydrogens (tertiary/aromatic N) is 1. The van der Waals surface area contributed by atoms with Gasteiger partial charge in [-0.3, -0.25) is 9.74 Å². The fraction of sp³-hybridized carbons (Fsp3) is 0.556. The number of hydrogen-bond donors (Lipinski definition) is 1. The molecular formula is C18H24N2O2. The Morgan fingerprint density at radius 3 is 2.45 bits per heavy atom. The van der Waals surface area contributed by atoms with E-state index in [9.17, 15) is 0 Å². The SMILES string of the molecule is Cc1cc(C)c(OC2=CC3(CN4CCC3CC4)ON2)c(C)c1. The van der Waals surface area contributed by atoms with Crippen molar-refractivity contribution in [3.8, 4) is 5.75 Å². The lowest BCUT2D eigenvalue weighted by Crippen LogP contribution is -2.58. The van der Waals surface area contributed by atoms with Gasteiger partial charge < -0.3 is 4.74 Å². The average molecular weight is 300 g/mol. The zero-order valence-electron chi connectivity index (χ0n) is 13.6. The summed E-state index contributed by atoms with van der Waals surface area (Å²) in [5.74, 6) is 2.28. The number of fused-ring (bicyclic) bond motifs is 2. The van der Waals surface area contributed by atoms with E-state index in [0.717, 1.165) is 29.3 Å². The quantitative estimate of drug-likeness (QED) is 0.910. The molecule has 4 heterocycles. The van der Waals surface area contributed by atoms with Crippen LogP contribution >= 0.6 is 0 Å². The van der Waals surface area contributed by atoms with Gasteiger partial charge >= 0.3 is 0 Å². The van der Waals surface area contributed by atoms with Gasteiger partial charge in [0.25, 0.3) is 0 Å². The molecule has 4 nitrogen and oxygen atoms in total. The predicted octanol–water partition coefficient (Wildman–Crippen LogP) is 2.83. The minimum Gasteiger partial charge on any atom is -0.439 e. The van der Waals surface area contributed by atoms with Gasteiger partial charge in [-0.05, 0) is 63.7 Å². The third kappa shape index (κ3) is 2.22. The molecule has 0 aliphatic carbocycles. The largest absolute Gasteiger partial charge is 0.439 e. The standard InChI is InChI=1S/C18H24N2O2/c1-12-8-13(2)17(14(3)9-12)21-16-10-18(22-19-16)11-20-6-4-15(18)5-7-20/h8-10,15,19H,4-7,11H2,1-3H3.